The summed E-state index contributed by atoms with van der Waals surface area (Å²) < 4.78 is 6.41. The molecule has 3 heterocycles. The van der Waals surface area contributed by atoms with Crippen LogP contribution in [0.25, 0.3) is 0 Å². The first-order chi connectivity index (χ1) is 14.9. The minimum absolute atomic E-state index is 0.0538. The van der Waals surface area contributed by atoms with Gasteiger partial charge in [-0.2, -0.15) is 0 Å². The molecule has 162 valence electrons. The molecule has 0 aromatic heterocycles. The number of nitrogens with zero attached hydrogens (tertiary/aromatic N) is 2. The van der Waals surface area contributed by atoms with E-state index in [4.69, 9.17) is 4.74 Å². The molecule has 6 aliphatic rings. The molecule has 7 nitrogen and oxygen atoms in total. The molecule has 2 amide bonds. The lowest BCUT2D eigenvalue weighted by atomic mass is 9.57. The highest BCUT2D eigenvalue weighted by Gasteiger charge is 2.81. The van der Waals surface area contributed by atoms with Crippen LogP contribution in [-0.4, -0.2) is 68.2 Å². The highest BCUT2D eigenvalue weighted by molar-refractivity contribution is 6.13. The number of fused-ring (bicyclic) bond motifs is 3. The van der Waals surface area contributed by atoms with Crippen LogP contribution in [0, 0.1) is 12.8 Å². The Kier molecular flexibility index (Phi) is 3.24. The number of phenolic OH excluding ortho intramolecular Hbond substituents is 1. The van der Waals surface area contributed by atoms with E-state index in [-0.39, 0.29) is 29.6 Å². The summed E-state index contributed by atoms with van der Waals surface area (Å²) in [5.41, 5.74) is 0.112. The monoisotopic (exact) mass is 422 g/mol. The van der Waals surface area contributed by atoms with Gasteiger partial charge in [0.2, 0.25) is 0 Å². The highest BCUT2D eigenvalue weighted by Crippen LogP contribution is 2.70. The predicted octanol–water partition coefficient (Wildman–Crippen LogP) is 1.38. The number of aryl methyl sites for hydroxylation is 1. The minimum atomic E-state index is -1.00. The van der Waals surface area contributed by atoms with Crippen LogP contribution in [0.4, 0.5) is 0 Å². The number of aromatic hydroxyl groups is 1. The molecule has 1 spiro atoms. The molecule has 4 fully saturated rings. The number of carbonyl (C=O) groups excluding carboxylic acids is 2. The van der Waals surface area contributed by atoms with Crippen LogP contribution >= 0.6 is 0 Å². The van der Waals surface area contributed by atoms with Gasteiger partial charge in [-0.3, -0.25) is 19.4 Å². The molecule has 1 saturated heterocycles. The van der Waals surface area contributed by atoms with E-state index >= 15 is 0 Å². The zero-order valence-corrected chi connectivity index (χ0v) is 17.5. The number of hydrogen-bond donors (Lipinski definition) is 2. The Balaban J connectivity index is 1.37. The van der Waals surface area contributed by atoms with E-state index in [0.717, 1.165) is 30.0 Å². The third-order valence-electron chi connectivity index (χ3n) is 8.88. The summed E-state index contributed by atoms with van der Waals surface area (Å²) in [6, 6.07) is 3.40. The number of carbonyl (C=O) groups is 2. The molecule has 0 bridgehead atoms. The Morgan fingerprint density at radius 3 is 2.58 bits per heavy atom. The molecule has 1 aromatic carbocycles. The van der Waals surface area contributed by atoms with E-state index < -0.39 is 23.2 Å². The molecular formula is C24H26N2O5. The summed E-state index contributed by atoms with van der Waals surface area (Å²) in [5, 5.41) is 23.0. The third-order valence-corrected chi connectivity index (χ3v) is 8.88. The van der Waals surface area contributed by atoms with Gasteiger partial charge in [0.1, 0.15) is 6.10 Å². The van der Waals surface area contributed by atoms with Gasteiger partial charge in [-0.05, 0) is 56.6 Å². The average molecular weight is 422 g/mol. The van der Waals surface area contributed by atoms with Gasteiger partial charge in [-0.25, -0.2) is 0 Å². The lowest BCUT2D eigenvalue weighted by Gasteiger charge is -2.53. The third kappa shape index (κ3) is 2.02. The maximum Gasteiger partial charge on any atom is 0.254 e. The van der Waals surface area contributed by atoms with Gasteiger partial charge in [-0.15, -0.1) is 0 Å². The van der Waals surface area contributed by atoms with Crippen molar-refractivity contribution < 1.29 is 24.5 Å². The fraction of sp³-hybridized carbons (Fsp3) is 0.583. The van der Waals surface area contributed by atoms with Gasteiger partial charge in [-0.1, -0.05) is 6.07 Å². The lowest BCUT2D eigenvalue weighted by Crippen LogP contribution is -2.68. The van der Waals surface area contributed by atoms with Crippen molar-refractivity contribution in [2.75, 3.05) is 6.54 Å². The molecule has 31 heavy (non-hydrogen) atoms. The number of hydrogen-bond acceptors (Lipinski definition) is 6. The van der Waals surface area contributed by atoms with E-state index in [9.17, 15) is 19.8 Å². The zero-order valence-electron chi connectivity index (χ0n) is 17.5. The molecule has 3 aliphatic carbocycles. The minimum Gasteiger partial charge on any atom is -0.504 e. The molecule has 3 aliphatic heterocycles. The quantitative estimate of drug-likeness (QED) is 0.565. The molecular weight excluding hydrogens is 396 g/mol. The summed E-state index contributed by atoms with van der Waals surface area (Å²) in [6.45, 7) is 3.03. The molecule has 7 atom stereocenters. The molecule has 0 radical (unpaired) electrons. The van der Waals surface area contributed by atoms with Crippen molar-refractivity contribution in [3.63, 3.8) is 0 Å². The van der Waals surface area contributed by atoms with E-state index in [0.29, 0.717) is 18.6 Å². The van der Waals surface area contributed by atoms with Gasteiger partial charge < -0.3 is 14.9 Å². The first kappa shape index (κ1) is 18.2. The van der Waals surface area contributed by atoms with Gasteiger partial charge in [0.15, 0.2) is 11.5 Å². The van der Waals surface area contributed by atoms with E-state index in [1.165, 1.54) is 29.9 Å². The predicted molar refractivity (Wildman–Crippen MR) is 110 cm³/mol. The average Bonchev–Trinajstić information content (AvgIpc) is 3.58. The fourth-order valence-electron chi connectivity index (χ4n) is 7.47. The smallest absolute Gasteiger partial charge is 0.254 e. The van der Waals surface area contributed by atoms with Crippen LogP contribution in [0.1, 0.15) is 43.2 Å². The number of amides is 2. The zero-order chi connectivity index (χ0) is 21.3. The van der Waals surface area contributed by atoms with Crippen LogP contribution in [0.15, 0.2) is 24.3 Å². The Morgan fingerprint density at radius 1 is 1.13 bits per heavy atom. The maximum atomic E-state index is 12.5. The summed E-state index contributed by atoms with van der Waals surface area (Å²) >= 11 is 0. The van der Waals surface area contributed by atoms with E-state index in [1.54, 1.807) is 6.07 Å². The molecule has 3 saturated carbocycles. The standard InChI is InChI=1S/C24H26N2O5/c1-12-2-5-16(27)20-19(12)23-10-15-21(25(15)11-13-3-4-13)24(23,30)9-8-14(22(23)31-20)26-17(28)6-7-18(26)29/h2,5-7,13-15,21-22,27,30H,3-4,8-11H2,1H3/t14-,15?,21-,22+,23+,24-,25?/m1/s1. The number of benzene rings is 1. The molecule has 7 rings (SSSR count). The van der Waals surface area contributed by atoms with Crippen molar-refractivity contribution in [2.24, 2.45) is 5.92 Å². The molecule has 7 heteroatoms. The Hall–Kier alpha value is -2.38. The van der Waals surface area contributed by atoms with Gasteiger partial charge >= 0.3 is 0 Å². The maximum absolute atomic E-state index is 12.5. The summed E-state index contributed by atoms with van der Waals surface area (Å²) in [7, 11) is 0. The topological polar surface area (TPSA) is 90.1 Å². The van der Waals surface area contributed by atoms with Crippen molar-refractivity contribution in [1.29, 1.82) is 0 Å². The normalized spacial score (nSPS) is 44.1. The Morgan fingerprint density at radius 2 is 1.87 bits per heavy atom. The van der Waals surface area contributed by atoms with Crippen LogP contribution in [-0.2, 0) is 15.0 Å². The van der Waals surface area contributed by atoms with Gasteiger partial charge in [0.25, 0.3) is 11.8 Å². The number of piperidine rings is 1. The van der Waals surface area contributed by atoms with Gasteiger partial charge in [0.05, 0.1) is 23.1 Å². The Labute approximate surface area is 180 Å². The number of aliphatic hydroxyl groups is 1. The molecule has 2 N–H and O–H groups in total. The van der Waals surface area contributed by atoms with Crippen molar-refractivity contribution >= 4 is 11.8 Å². The number of rotatable bonds is 3. The fourth-order valence-corrected chi connectivity index (χ4v) is 7.47. The second kappa shape index (κ2) is 5.51. The second-order valence-electron chi connectivity index (χ2n) is 10.4. The highest BCUT2D eigenvalue weighted by atomic mass is 16.5. The van der Waals surface area contributed by atoms with Crippen LogP contribution in [0.3, 0.4) is 0 Å². The van der Waals surface area contributed by atoms with Crippen molar-refractivity contribution in [3.8, 4) is 11.5 Å². The van der Waals surface area contributed by atoms with Crippen molar-refractivity contribution in [1.82, 2.24) is 9.80 Å². The molecule has 2 unspecified atom stereocenters. The van der Waals surface area contributed by atoms with E-state index in [1.807, 2.05) is 13.0 Å². The van der Waals surface area contributed by atoms with Crippen LogP contribution in [0.2, 0.25) is 0 Å². The van der Waals surface area contributed by atoms with Gasteiger partial charge in [0, 0.05) is 30.3 Å². The largest absolute Gasteiger partial charge is 0.504 e. The summed E-state index contributed by atoms with van der Waals surface area (Å²) in [6.07, 6.45) is 6.33. The number of likely N-dealkylation sites (tertiary alicyclic amines) is 1. The number of imide groups is 1. The van der Waals surface area contributed by atoms with E-state index in [2.05, 4.69) is 4.90 Å². The lowest BCUT2D eigenvalue weighted by molar-refractivity contribution is -0.156. The Bertz CT molecular complexity index is 1060. The number of phenols is 1. The summed E-state index contributed by atoms with van der Waals surface area (Å²) in [5.74, 6) is 0.570. The second-order valence-corrected chi connectivity index (χ2v) is 10.4. The van der Waals surface area contributed by atoms with Crippen molar-refractivity contribution in [2.45, 2.75) is 74.3 Å². The van der Waals surface area contributed by atoms with Crippen LogP contribution in [0.5, 0.6) is 11.5 Å². The SMILES string of the molecule is Cc1ccc(O)c2c1[C@]13CC4[C@@H](N4CC4CC4)[C@]1(O)CC[C@@H](N1C(=O)C=CC1=O)[C@@H]3O2. The first-order valence-corrected chi connectivity index (χ1v) is 11.4. The molecule has 1 aromatic rings. The van der Waals surface area contributed by atoms with Crippen LogP contribution < -0.4 is 4.74 Å². The number of ether oxygens (including phenoxy) is 1. The van der Waals surface area contributed by atoms with Crippen molar-refractivity contribution in [3.05, 3.63) is 35.4 Å². The summed E-state index contributed by atoms with van der Waals surface area (Å²) in [4.78, 5) is 28.8. The first-order valence-electron chi connectivity index (χ1n) is 11.4.